The Morgan fingerprint density at radius 2 is 0.879 bits per heavy atom. The van der Waals surface area contributed by atoms with Crippen LogP contribution >= 0.6 is 7.82 Å². The van der Waals surface area contributed by atoms with Gasteiger partial charge in [-0.2, -0.15) is 0 Å². The van der Waals surface area contributed by atoms with Crippen LogP contribution in [0, 0.1) is 0 Å². The molecule has 0 saturated carbocycles. The Morgan fingerprint density at radius 3 is 1.28 bits per heavy atom. The third-order valence-electron chi connectivity index (χ3n) is 10.9. The number of phosphoric ester groups is 1. The highest BCUT2D eigenvalue weighted by molar-refractivity contribution is 7.47. The number of hydrogen-bond acceptors (Lipinski definition) is 8. The van der Waals surface area contributed by atoms with Gasteiger partial charge in [0.15, 0.2) is 6.10 Å². The second-order valence-electron chi connectivity index (χ2n) is 16.7. The number of carbonyl (C=O) groups excluding carboxylic acids is 2. The molecule has 0 bridgehead atoms. The van der Waals surface area contributed by atoms with Crippen LogP contribution < -0.4 is 5.32 Å². The van der Waals surface area contributed by atoms with E-state index in [1.54, 1.807) is 7.05 Å². The molecular weight excluding hydrogens is 750 g/mol. The van der Waals surface area contributed by atoms with Gasteiger partial charge >= 0.3 is 19.8 Å². The predicted octanol–water partition coefficient (Wildman–Crippen LogP) is 14.4. The topological polar surface area (TPSA) is 120 Å². The SMILES string of the molecule is CCCCCCCC/C=C\CCCCCCCCCCCC(=O)OC(COC(=O)CCCCCCCCCCCCCCCCCCC)COP(=O)(O)OCCNC. The van der Waals surface area contributed by atoms with E-state index in [1.807, 2.05) is 0 Å². The van der Waals surface area contributed by atoms with Crippen molar-refractivity contribution in [3.63, 3.8) is 0 Å². The summed E-state index contributed by atoms with van der Waals surface area (Å²) in [4.78, 5) is 35.2. The van der Waals surface area contributed by atoms with Gasteiger partial charge in [0.05, 0.1) is 13.2 Å². The standard InChI is InChI=1S/C48H94NO8P/c1-4-6-8-10-12-14-16-18-20-22-23-25-27-29-31-33-35-37-39-41-48(51)57-46(45-56-58(52,53)55-43-42-49-3)44-54-47(50)40-38-36-34-32-30-28-26-24-21-19-17-15-13-11-9-7-5-2/h18,20,46,49H,4-17,19,21-45H2,1-3H3,(H,52,53)/b20-18-. The second kappa shape index (κ2) is 45.3. The summed E-state index contributed by atoms with van der Waals surface area (Å²) in [5, 5.41) is 2.83. The lowest BCUT2D eigenvalue weighted by Gasteiger charge is -2.20. The molecule has 0 heterocycles. The number of hydrogen-bond donors (Lipinski definition) is 2. The number of unbranched alkanes of at least 4 members (excludes halogenated alkanes) is 31. The molecule has 0 saturated heterocycles. The van der Waals surface area contributed by atoms with Crippen molar-refractivity contribution in [3.8, 4) is 0 Å². The smallest absolute Gasteiger partial charge is 0.462 e. The van der Waals surface area contributed by atoms with E-state index in [0.717, 1.165) is 32.1 Å². The molecular formula is C48H94NO8P. The van der Waals surface area contributed by atoms with Crippen LogP contribution in [0.4, 0.5) is 0 Å². The van der Waals surface area contributed by atoms with Crippen LogP contribution in [-0.2, 0) is 32.7 Å². The Kier molecular flexibility index (Phi) is 44.3. The monoisotopic (exact) mass is 844 g/mol. The molecule has 10 heteroatoms. The van der Waals surface area contributed by atoms with Crippen LogP contribution in [0.25, 0.3) is 0 Å². The van der Waals surface area contributed by atoms with Crippen molar-refractivity contribution in [3.05, 3.63) is 12.2 Å². The van der Waals surface area contributed by atoms with Crippen molar-refractivity contribution >= 4 is 19.8 Å². The van der Waals surface area contributed by atoms with E-state index in [0.29, 0.717) is 19.4 Å². The van der Waals surface area contributed by atoms with E-state index in [4.69, 9.17) is 18.5 Å². The molecule has 58 heavy (non-hydrogen) atoms. The molecule has 2 unspecified atom stereocenters. The molecule has 0 aliphatic heterocycles. The number of esters is 2. The van der Waals surface area contributed by atoms with Crippen LogP contribution in [0.2, 0.25) is 0 Å². The molecule has 0 amide bonds. The first-order chi connectivity index (χ1) is 28.3. The number of carbonyl (C=O) groups is 2. The summed E-state index contributed by atoms with van der Waals surface area (Å²) in [6.07, 6.45) is 46.8. The normalized spacial score (nSPS) is 13.2. The van der Waals surface area contributed by atoms with Gasteiger partial charge in [0.25, 0.3) is 0 Å². The maximum Gasteiger partial charge on any atom is 0.472 e. The first kappa shape index (κ1) is 56.8. The minimum absolute atomic E-state index is 0.0138. The molecule has 0 aromatic rings. The van der Waals surface area contributed by atoms with Gasteiger partial charge in [-0.3, -0.25) is 18.6 Å². The minimum atomic E-state index is -4.35. The highest BCUT2D eigenvalue weighted by Crippen LogP contribution is 2.43. The third kappa shape index (κ3) is 44.3. The lowest BCUT2D eigenvalue weighted by atomic mass is 10.0. The van der Waals surface area contributed by atoms with E-state index in [1.165, 1.54) is 180 Å². The fourth-order valence-electron chi connectivity index (χ4n) is 7.14. The van der Waals surface area contributed by atoms with Crippen molar-refractivity contribution in [2.75, 3.05) is 33.4 Å². The van der Waals surface area contributed by atoms with Crippen molar-refractivity contribution in [1.82, 2.24) is 5.32 Å². The number of ether oxygens (including phenoxy) is 2. The molecule has 0 rings (SSSR count). The quantitative estimate of drug-likeness (QED) is 0.0267. The maximum absolute atomic E-state index is 12.7. The number of likely N-dealkylation sites (N-methyl/N-ethyl adjacent to an activating group) is 1. The minimum Gasteiger partial charge on any atom is -0.462 e. The number of allylic oxidation sites excluding steroid dienone is 2. The van der Waals surface area contributed by atoms with Gasteiger partial charge in [-0.25, -0.2) is 4.57 Å². The Labute approximate surface area is 358 Å². The van der Waals surface area contributed by atoms with E-state index in [2.05, 4.69) is 31.3 Å². The molecule has 0 spiro atoms. The van der Waals surface area contributed by atoms with Crippen LogP contribution in [0.15, 0.2) is 12.2 Å². The van der Waals surface area contributed by atoms with Gasteiger partial charge in [0.2, 0.25) is 0 Å². The Hall–Kier alpha value is -1.25. The molecule has 0 radical (unpaired) electrons. The van der Waals surface area contributed by atoms with Crippen LogP contribution in [0.1, 0.15) is 245 Å². The van der Waals surface area contributed by atoms with E-state index < -0.39 is 26.5 Å². The number of nitrogens with one attached hydrogen (secondary N) is 1. The highest BCUT2D eigenvalue weighted by atomic mass is 31.2. The van der Waals surface area contributed by atoms with Crippen molar-refractivity contribution in [2.45, 2.75) is 251 Å². The molecule has 0 fully saturated rings. The number of rotatable bonds is 47. The average molecular weight is 844 g/mol. The summed E-state index contributed by atoms with van der Waals surface area (Å²) in [6, 6.07) is 0. The van der Waals surface area contributed by atoms with Crippen molar-refractivity contribution < 1.29 is 37.6 Å². The Balaban J connectivity index is 4.11. The zero-order chi connectivity index (χ0) is 42.5. The molecule has 0 aromatic heterocycles. The predicted molar refractivity (Wildman–Crippen MR) is 243 cm³/mol. The molecule has 2 N–H and O–H groups in total. The van der Waals surface area contributed by atoms with Gasteiger partial charge in [-0.1, -0.05) is 206 Å². The van der Waals surface area contributed by atoms with Crippen molar-refractivity contribution in [2.24, 2.45) is 0 Å². The fourth-order valence-corrected chi connectivity index (χ4v) is 7.89. The third-order valence-corrected chi connectivity index (χ3v) is 11.9. The van der Waals surface area contributed by atoms with Gasteiger partial charge < -0.3 is 19.7 Å². The van der Waals surface area contributed by atoms with Crippen LogP contribution in [0.3, 0.4) is 0 Å². The molecule has 2 atom stereocenters. The zero-order valence-corrected chi connectivity index (χ0v) is 39.2. The zero-order valence-electron chi connectivity index (χ0n) is 38.3. The van der Waals surface area contributed by atoms with Gasteiger partial charge in [-0.05, 0) is 45.6 Å². The van der Waals surface area contributed by atoms with Gasteiger partial charge in [0, 0.05) is 19.4 Å². The summed E-state index contributed by atoms with van der Waals surface area (Å²) in [7, 11) is -2.64. The number of phosphoric acid groups is 1. The molecule has 0 aliphatic carbocycles. The molecule has 9 nitrogen and oxygen atoms in total. The first-order valence-electron chi connectivity index (χ1n) is 24.6. The van der Waals surface area contributed by atoms with Gasteiger partial charge in [-0.15, -0.1) is 0 Å². The lowest BCUT2D eigenvalue weighted by molar-refractivity contribution is -0.161. The largest absolute Gasteiger partial charge is 0.472 e. The average Bonchev–Trinajstić information content (AvgIpc) is 3.21. The summed E-state index contributed by atoms with van der Waals surface area (Å²) in [6.45, 7) is 4.27. The molecule has 0 aromatic carbocycles. The maximum atomic E-state index is 12.7. The van der Waals surface area contributed by atoms with E-state index in [-0.39, 0.29) is 25.6 Å². The summed E-state index contributed by atoms with van der Waals surface area (Å²) < 4.78 is 33.3. The van der Waals surface area contributed by atoms with E-state index >= 15 is 0 Å². The Morgan fingerprint density at radius 1 is 0.517 bits per heavy atom. The van der Waals surface area contributed by atoms with Crippen LogP contribution in [-0.4, -0.2) is 56.3 Å². The summed E-state index contributed by atoms with van der Waals surface area (Å²) in [5.74, 6) is -0.794. The van der Waals surface area contributed by atoms with E-state index in [9.17, 15) is 19.0 Å². The molecule has 344 valence electrons. The van der Waals surface area contributed by atoms with Gasteiger partial charge in [0.1, 0.15) is 6.61 Å². The first-order valence-corrected chi connectivity index (χ1v) is 26.1. The lowest BCUT2D eigenvalue weighted by Crippen LogP contribution is -2.29. The summed E-state index contributed by atoms with van der Waals surface area (Å²) in [5.41, 5.74) is 0. The van der Waals surface area contributed by atoms with Crippen LogP contribution in [0.5, 0.6) is 0 Å². The summed E-state index contributed by atoms with van der Waals surface area (Å²) >= 11 is 0. The highest BCUT2D eigenvalue weighted by Gasteiger charge is 2.26. The van der Waals surface area contributed by atoms with Crippen molar-refractivity contribution in [1.29, 1.82) is 0 Å². The second-order valence-corrected chi connectivity index (χ2v) is 18.1. The Bertz CT molecular complexity index is 964. The molecule has 0 aliphatic rings. The fraction of sp³-hybridized carbons (Fsp3) is 0.917.